The fourth-order valence-electron chi connectivity index (χ4n) is 2.35. The first-order valence-electron chi connectivity index (χ1n) is 4.66. The quantitative estimate of drug-likeness (QED) is 0.571. The third kappa shape index (κ3) is 1.85. The molecule has 1 heterocycles. The predicted octanol–water partition coefficient (Wildman–Crippen LogP) is 1.42. The van der Waals surface area contributed by atoms with E-state index in [9.17, 15) is 4.79 Å². The fourth-order valence-corrected chi connectivity index (χ4v) is 2.35. The largest absolute Gasteiger partial charge is 0.377 e. The summed E-state index contributed by atoms with van der Waals surface area (Å²) >= 11 is 0. The maximum absolute atomic E-state index is 11.5. The molecule has 76 valence electrons. The van der Waals surface area contributed by atoms with Gasteiger partial charge in [-0.1, -0.05) is 0 Å². The summed E-state index contributed by atoms with van der Waals surface area (Å²) in [5.74, 6) is 0.123. The van der Waals surface area contributed by atoms with Crippen molar-refractivity contribution in [3.8, 4) is 0 Å². The van der Waals surface area contributed by atoms with Gasteiger partial charge >= 0.3 is 0 Å². The molecule has 3 nitrogen and oxygen atoms in total. The smallest absolute Gasteiger partial charge is 0.220 e. The average molecular weight is 185 g/mol. The molecule has 1 fully saturated rings. The molecule has 0 aromatic heterocycles. The van der Waals surface area contributed by atoms with Crippen molar-refractivity contribution in [1.29, 1.82) is 0 Å². The second kappa shape index (κ2) is 2.98. The molecule has 0 aromatic rings. The second-order valence-electron chi connectivity index (χ2n) is 4.97. The van der Waals surface area contributed by atoms with Gasteiger partial charge in [-0.15, -0.1) is 0 Å². The van der Waals surface area contributed by atoms with Crippen LogP contribution in [0, 0.1) is 0 Å². The summed E-state index contributed by atoms with van der Waals surface area (Å²) in [4.78, 5) is 13.4. The maximum Gasteiger partial charge on any atom is 0.220 e. The molecule has 0 spiro atoms. The van der Waals surface area contributed by atoms with Crippen molar-refractivity contribution in [2.75, 3.05) is 13.2 Å². The van der Waals surface area contributed by atoms with Crippen LogP contribution >= 0.6 is 0 Å². The van der Waals surface area contributed by atoms with E-state index < -0.39 is 0 Å². The van der Waals surface area contributed by atoms with Crippen LogP contribution in [0.4, 0.5) is 0 Å². The standard InChI is InChI=1S/C10H19NO2/c1-8(12)11-9(2,3)6-13-7-10(11,4)5/h6-7H2,1-5H3. The lowest BCUT2D eigenvalue weighted by molar-refractivity contribution is -0.164. The van der Waals surface area contributed by atoms with Gasteiger partial charge in [0, 0.05) is 6.92 Å². The van der Waals surface area contributed by atoms with E-state index in [0.717, 1.165) is 0 Å². The lowest BCUT2D eigenvalue weighted by Gasteiger charge is -2.51. The number of carbonyl (C=O) groups excluding carboxylic acids is 1. The summed E-state index contributed by atoms with van der Waals surface area (Å²) in [5.41, 5.74) is -0.374. The summed E-state index contributed by atoms with van der Waals surface area (Å²) in [7, 11) is 0. The Labute approximate surface area is 80.1 Å². The van der Waals surface area contributed by atoms with E-state index in [1.165, 1.54) is 0 Å². The number of amides is 1. The lowest BCUT2D eigenvalue weighted by atomic mass is 9.91. The Bertz CT molecular complexity index is 205. The van der Waals surface area contributed by atoms with Crippen molar-refractivity contribution >= 4 is 5.91 Å². The number of ether oxygens (including phenoxy) is 1. The highest BCUT2D eigenvalue weighted by Crippen LogP contribution is 2.30. The molecular formula is C10H19NO2. The third-order valence-electron chi connectivity index (χ3n) is 2.44. The van der Waals surface area contributed by atoms with Gasteiger partial charge in [-0.25, -0.2) is 0 Å². The molecule has 3 heteroatoms. The van der Waals surface area contributed by atoms with Crippen molar-refractivity contribution in [3.05, 3.63) is 0 Å². The van der Waals surface area contributed by atoms with Crippen LogP contribution in [0.5, 0.6) is 0 Å². The Balaban J connectivity index is 2.98. The molecule has 1 saturated heterocycles. The number of hydrogen-bond donors (Lipinski definition) is 0. The summed E-state index contributed by atoms with van der Waals surface area (Å²) in [6.45, 7) is 11.0. The number of rotatable bonds is 0. The molecule has 1 aliphatic heterocycles. The zero-order valence-electron chi connectivity index (χ0n) is 9.18. The van der Waals surface area contributed by atoms with E-state index in [4.69, 9.17) is 4.74 Å². The molecule has 13 heavy (non-hydrogen) atoms. The Kier molecular flexibility index (Phi) is 2.41. The second-order valence-corrected chi connectivity index (χ2v) is 4.97. The van der Waals surface area contributed by atoms with Crippen molar-refractivity contribution in [2.45, 2.75) is 45.7 Å². The monoisotopic (exact) mass is 185 g/mol. The van der Waals surface area contributed by atoms with Gasteiger partial charge in [-0.3, -0.25) is 4.79 Å². The van der Waals surface area contributed by atoms with Gasteiger partial charge in [0.05, 0.1) is 24.3 Å². The Hall–Kier alpha value is -0.570. The Morgan fingerprint density at radius 1 is 1.15 bits per heavy atom. The number of nitrogens with zero attached hydrogens (tertiary/aromatic N) is 1. The molecule has 0 aromatic carbocycles. The number of carbonyl (C=O) groups is 1. The van der Waals surface area contributed by atoms with E-state index in [0.29, 0.717) is 13.2 Å². The molecule has 1 aliphatic rings. The van der Waals surface area contributed by atoms with E-state index in [1.807, 2.05) is 32.6 Å². The van der Waals surface area contributed by atoms with Crippen LogP contribution in [0.1, 0.15) is 34.6 Å². The van der Waals surface area contributed by atoms with Crippen molar-refractivity contribution < 1.29 is 9.53 Å². The maximum atomic E-state index is 11.5. The average Bonchev–Trinajstić information content (AvgIpc) is 1.79. The van der Waals surface area contributed by atoms with E-state index >= 15 is 0 Å². The van der Waals surface area contributed by atoms with Gasteiger partial charge in [0.15, 0.2) is 0 Å². The van der Waals surface area contributed by atoms with Crippen LogP contribution in [0.15, 0.2) is 0 Å². The van der Waals surface area contributed by atoms with E-state index in [-0.39, 0.29) is 17.0 Å². The summed E-state index contributed by atoms with van der Waals surface area (Å²) < 4.78 is 5.49. The topological polar surface area (TPSA) is 29.5 Å². The predicted molar refractivity (Wildman–Crippen MR) is 51.5 cm³/mol. The van der Waals surface area contributed by atoms with Gasteiger partial charge in [0.25, 0.3) is 0 Å². The van der Waals surface area contributed by atoms with Crippen molar-refractivity contribution in [1.82, 2.24) is 4.90 Å². The highest BCUT2D eigenvalue weighted by Gasteiger charge is 2.43. The van der Waals surface area contributed by atoms with Crippen LogP contribution in [0.2, 0.25) is 0 Å². The summed E-state index contributed by atoms with van der Waals surface area (Å²) in [5, 5.41) is 0. The van der Waals surface area contributed by atoms with Gasteiger partial charge in [0.1, 0.15) is 0 Å². The van der Waals surface area contributed by atoms with Gasteiger partial charge < -0.3 is 9.64 Å². The van der Waals surface area contributed by atoms with Crippen LogP contribution in [0.3, 0.4) is 0 Å². The van der Waals surface area contributed by atoms with Crippen molar-refractivity contribution in [2.24, 2.45) is 0 Å². The Morgan fingerprint density at radius 3 is 1.77 bits per heavy atom. The third-order valence-corrected chi connectivity index (χ3v) is 2.44. The molecule has 1 amide bonds. The van der Waals surface area contributed by atoms with Crippen LogP contribution in [0.25, 0.3) is 0 Å². The molecule has 0 saturated carbocycles. The molecule has 0 aliphatic carbocycles. The highest BCUT2D eigenvalue weighted by molar-refractivity contribution is 5.75. The van der Waals surface area contributed by atoms with Crippen LogP contribution < -0.4 is 0 Å². The minimum atomic E-state index is -0.187. The lowest BCUT2D eigenvalue weighted by Crippen LogP contribution is -2.65. The van der Waals surface area contributed by atoms with Crippen molar-refractivity contribution in [3.63, 3.8) is 0 Å². The van der Waals surface area contributed by atoms with E-state index in [1.54, 1.807) is 6.92 Å². The molecule has 0 N–H and O–H groups in total. The normalized spacial score (nSPS) is 25.8. The van der Waals surface area contributed by atoms with Crippen LogP contribution in [-0.4, -0.2) is 35.1 Å². The van der Waals surface area contributed by atoms with Gasteiger partial charge in [-0.2, -0.15) is 0 Å². The minimum Gasteiger partial charge on any atom is -0.377 e. The minimum absolute atomic E-state index is 0.123. The molecule has 0 unspecified atom stereocenters. The zero-order valence-corrected chi connectivity index (χ0v) is 9.18. The SMILES string of the molecule is CC(=O)N1C(C)(C)COCC1(C)C. The van der Waals surface area contributed by atoms with Crippen LogP contribution in [-0.2, 0) is 9.53 Å². The first-order chi connectivity index (χ1) is 5.77. The molecule has 0 bridgehead atoms. The number of hydrogen-bond acceptors (Lipinski definition) is 2. The zero-order chi connectivity index (χ0) is 10.3. The van der Waals surface area contributed by atoms with Gasteiger partial charge in [0.2, 0.25) is 5.91 Å². The molecule has 0 atom stereocenters. The first-order valence-corrected chi connectivity index (χ1v) is 4.66. The molecule has 0 radical (unpaired) electrons. The fraction of sp³-hybridized carbons (Fsp3) is 0.900. The summed E-state index contributed by atoms with van der Waals surface area (Å²) in [6.07, 6.45) is 0. The first kappa shape index (κ1) is 10.5. The molecular weight excluding hydrogens is 166 g/mol. The number of morpholine rings is 1. The summed E-state index contributed by atoms with van der Waals surface area (Å²) in [6, 6.07) is 0. The Morgan fingerprint density at radius 2 is 1.54 bits per heavy atom. The van der Waals surface area contributed by atoms with E-state index in [2.05, 4.69) is 0 Å². The highest BCUT2D eigenvalue weighted by atomic mass is 16.5. The molecule has 1 rings (SSSR count). The van der Waals surface area contributed by atoms with Gasteiger partial charge in [-0.05, 0) is 27.7 Å².